The number of carbonyl (C=O) groups excluding carboxylic acids is 1. The number of hydrogen-bond acceptors (Lipinski definition) is 6. The van der Waals surface area contributed by atoms with Gasteiger partial charge in [0.2, 0.25) is 22.7 Å². The lowest BCUT2D eigenvalue weighted by Crippen LogP contribution is -2.30. The first-order valence-corrected chi connectivity index (χ1v) is 13.0. The maximum absolute atomic E-state index is 12.9. The van der Waals surface area contributed by atoms with E-state index in [0.29, 0.717) is 42.2 Å². The van der Waals surface area contributed by atoms with Crippen molar-refractivity contribution in [3.63, 3.8) is 0 Å². The van der Waals surface area contributed by atoms with Crippen LogP contribution in [0.1, 0.15) is 39.4 Å². The highest BCUT2D eigenvalue weighted by molar-refractivity contribution is 7.89. The molecule has 1 aromatic heterocycles. The molecule has 1 amide bonds. The molecule has 182 valence electrons. The minimum absolute atomic E-state index is 0.140. The van der Waals surface area contributed by atoms with Gasteiger partial charge < -0.3 is 19.4 Å². The zero-order valence-corrected chi connectivity index (χ0v) is 20.5. The monoisotopic (exact) mass is 486 g/mol. The second kappa shape index (κ2) is 10.0. The first-order chi connectivity index (χ1) is 16.4. The highest BCUT2D eigenvalue weighted by Crippen LogP contribution is 2.34. The number of sulfonamides is 1. The Kier molecular flexibility index (Phi) is 7.08. The number of imidazole rings is 1. The predicted octanol–water partition coefficient (Wildman–Crippen LogP) is 3.78. The molecule has 2 heterocycles. The lowest BCUT2D eigenvalue weighted by atomic mass is 10.2. The minimum Gasteiger partial charge on any atom is -0.454 e. The van der Waals surface area contributed by atoms with Crippen LogP contribution >= 0.6 is 0 Å². The highest BCUT2D eigenvalue weighted by atomic mass is 32.2. The molecule has 2 aromatic carbocycles. The van der Waals surface area contributed by atoms with Crippen LogP contribution in [-0.4, -0.2) is 48.1 Å². The molecule has 0 unspecified atom stereocenters. The molecule has 0 saturated heterocycles. The van der Waals surface area contributed by atoms with Crippen LogP contribution in [0.4, 0.5) is 5.69 Å². The first kappa shape index (κ1) is 24.0. The molecule has 34 heavy (non-hydrogen) atoms. The summed E-state index contributed by atoms with van der Waals surface area (Å²) in [5.74, 6) is 1.89. The van der Waals surface area contributed by atoms with E-state index in [0.717, 1.165) is 24.3 Å². The largest absolute Gasteiger partial charge is 0.454 e. The maximum Gasteiger partial charge on any atom is 0.243 e. The fourth-order valence-corrected chi connectivity index (χ4v) is 5.60. The van der Waals surface area contributed by atoms with Gasteiger partial charge in [-0.1, -0.05) is 20.8 Å². The lowest BCUT2D eigenvalue weighted by Gasteiger charge is -2.18. The van der Waals surface area contributed by atoms with Gasteiger partial charge in [-0.25, -0.2) is 13.4 Å². The van der Waals surface area contributed by atoms with Crippen molar-refractivity contribution in [3.05, 3.63) is 42.2 Å². The van der Waals surface area contributed by atoms with Gasteiger partial charge in [-0.05, 0) is 36.8 Å². The number of aryl methyl sites for hydroxylation is 2. The quantitative estimate of drug-likeness (QED) is 0.468. The van der Waals surface area contributed by atoms with Crippen molar-refractivity contribution < 1.29 is 22.7 Å². The molecule has 1 aliphatic rings. The van der Waals surface area contributed by atoms with Gasteiger partial charge in [-0.15, -0.1) is 0 Å². The highest BCUT2D eigenvalue weighted by Gasteiger charge is 2.23. The van der Waals surface area contributed by atoms with E-state index in [9.17, 15) is 13.2 Å². The molecular formula is C24H30N4O5S. The van der Waals surface area contributed by atoms with Crippen LogP contribution in [0.2, 0.25) is 0 Å². The summed E-state index contributed by atoms with van der Waals surface area (Å²) in [6.45, 7) is 7.44. The van der Waals surface area contributed by atoms with E-state index in [-0.39, 0.29) is 24.0 Å². The number of hydrogen-bond donors (Lipinski definition) is 1. The van der Waals surface area contributed by atoms with Gasteiger partial charge in [0.15, 0.2) is 11.5 Å². The summed E-state index contributed by atoms with van der Waals surface area (Å²) in [7, 11) is -3.57. The van der Waals surface area contributed by atoms with Gasteiger partial charge in [0.25, 0.3) is 0 Å². The van der Waals surface area contributed by atoms with Gasteiger partial charge in [0.1, 0.15) is 5.82 Å². The fourth-order valence-electron chi connectivity index (χ4n) is 4.12. The molecule has 0 saturated carbocycles. The summed E-state index contributed by atoms with van der Waals surface area (Å²) in [6, 6.07) is 10.4. The number of carbonyl (C=O) groups is 1. The van der Waals surface area contributed by atoms with Crippen molar-refractivity contribution in [2.45, 2.75) is 51.5 Å². The van der Waals surface area contributed by atoms with Crippen molar-refractivity contribution in [1.29, 1.82) is 0 Å². The lowest BCUT2D eigenvalue weighted by molar-refractivity contribution is -0.116. The summed E-state index contributed by atoms with van der Waals surface area (Å²) < 4.78 is 40.0. The van der Waals surface area contributed by atoms with Gasteiger partial charge in [0.05, 0.1) is 15.9 Å². The Balaban J connectivity index is 1.53. The van der Waals surface area contributed by atoms with Crippen LogP contribution in [0.15, 0.2) is 41.3 Å². The average Bonchev–Trinajstić information content (AvgIpc) is 3.42. The number of nitrogens with zero attached hydrogens (tertiary/aromatic N) is 3. The number of fused-ring (bicyclic) bond motifs is 2. The zero-order valence-electron chi connectivity index (χ0n) is 19.7. The molecule has 1 N–H and O–H groups in total. The number of nitrogens with one attached hydrogen (secondary N) is 1. The van der Waals surface area contributed by atoms with E-state index in [2.05, 4.69) is 16.8 Å². The molecule has 0 fully saturated rings. The number of rotatable bonds is 10. The van der Waals surface area contributed by atoms with E-state index in [4.69, 9.17) is 14.5 Å². The van der Waals surface area contributed by atoms with Crippen molar-refractivity contribution in [2.24, 2.45) is 0 Å². The van der Waals surface area contributed by atoms with Crippen LogP contribution in [0.3, 0.4) is 0 Å². The number of amides is 1. The number of aromatic nitrogens is 2. The van der Waals surface area contributed by atoms with Crippen molar-refractivity contribution in [3.8, 4) is 11.5 Å². The second-order valence-corrected chi connectivity index (χ2v) is 9.97. The van der Waals surface area contributed by atoms with Gasteiger partial charge in [0, 0.05) is 44.2 Å². The molecule has 9 nitrogen and oxygen atoms in total. The minimum atomic E-state index is -3.57. The standard InChI is InChI=1S/C24H30N4O5S/c1-4-13-28-20-9-8-18(34(30,31)27(5-2)6-3)15-19(20)26-23(28)11-12-24(29)25-17-7-10-21-22(14-17)33-16-32-21/h7-10,14-15H,4-6,11-13,16H2,1-3H3,(H,25,29). The number of anilines is 1. The van der Waals surface area contributed by atoms with Gasteiger partial charge in [-0.2, -0.15) is 4.31 Å². The fraction of sp³-hybridized carbons (Fsp3) is 0.417. The Morgan fingerprint density at radius 2 is 1.85 bits per heavy atom. The van der Waals surface area contributed by atoms with Crippen LogP contribution in [0.25, 0.3) is 11.0 Å². The molecule has 4 rings (SSSR count). The Bertz CT molecular complexity index is 1300. The average molecular weight is 487 g/mol. The Labute approximate surface area is 199 Å². The van der Waals surface area contributed by atoms with Crippen molar-refractivity contribution in [1.82, 2.24) is 13.9 Å². The predicted molar refractivity (Wildman–Crippen MR) is 130 cm³/mol. The Hall–Kier alpha value is -3.11. The maximum atomic E-state index is 12.9. The van der Waals surface area contributed by atoms with Crippen LogP contribution in [0, 0.1) is 0 Å². The van der Waals surface area contributed by atoms with Gasteiger partial charge >= 0.3 is 0 Å². The molecule has 3 aromatic rings. The molecule has 10 heteroatoms. The van der Waals surface area contributed by atoms with Crippen LogP contribution < -0.4 is 14.8 Å². The van der Waals surface area contributed by atoms with Crippen LogP contribution in [-0.2, 0) is 27.8 Å². The van der Waals surface area contributed by atoms with E-state index in [1.807, 2.05) is 19.9 Å². The molecule has 0 aliphatic carbocycles. The van der Waals surface area contributed by atoms with E-state index < -0.39 is 10.0 Å². The molecular weight excluding hydrogens is 456 g/mol. The van der Waals surface area contributed by atoms with Crippen molar-refractivity contribution in [2.75, 3.05) is 25.2 Å². The number of ether oxygens (including phenoxy) is 2. The third-order valence-corrected chi connectivity index (χ3v) is 7.87. The summed E-state index contributed by atoms with van der Waals surface area (Å²) in [5, 5.41) is 2.89. The first-order valence-electron chi connectivity index (χ1n) is 11.6. The van der Waals surface area contributed by atoms with Crippen LogP contribution in [0.5, 0.6) is 11.5 Å². The summed E-state index contributed by atoms with van der Waals surface area (Å²) in [6.07, 6.45) is 1.57. The second-order valence-electron chi connectivity index (χ2n) is 8.04. The number of benzene rings is 2. The summed E-state index contributed by atoms with van der Waals surface area (Å²) in [5.41, 5.74) is 2.13. The molecule has 0 spiro atoms. The molecule has 0 radical (unpaired) electrons. The topological polar surface area (TPSA) is 103 Å². The smallest absolute Gasteiger partial charge is 0.243 e. The SMILES string of the molecule is CCCn1c(CCC(=O)Nc2ccc3c(c2)OCO3)nc2cc(S(=O)(=O)N(CC)CC)ccc21. The molecule has 0 atom stereocenters. The van der Waals surface area contributed by atoms with E-state index in [1.165, 1.54) is 4.31 Å². The summed E-state index contributed by atoms with van der Waals surface area (Å²) in [4.78, 5) is 17.5. The van der Waals surface area contributed by atoms with E-state index in [1.54, 1.807) is 30.3 Å². The van der Waals surface area contributed by atoms with E-state index >= 15 is 0 Å². The molecule has 0 bridgehead atoms. The summed E-state index contributed by atoms with van der Waals surface area (Å²) >= 11 is 0. The third kappa shape index (κ3) is 4.74. The molecule has 1 aliphatic heterocycles. The Morgan fingerprint density at radius 1 is 1.09 bits per heavy atom. The normalized spacial score (nSPS) is 13.1. The van der Waals surface area contributed by atoms with Gasteiger partial charge in [-0.3, -0.25) is 4.79 Å². The third-order valence-electron chi connectivity index (χ3n) is 5.82. The zero-order chi connectivity index (χ0) is 24.3. The van der Waals surface area contributed by atoms with Crippen molar-refractivity contribution >= 4 is 32.7 Å². The Morgan fingerprint density at radius 3 is 2.59 bits per heavy atom.